The zero-order valence-corrected chi connectivity index (χ0v) is 12.4. The first kappa shape index (κ1) is 15.5. The van der Waals surface area contributed by atoms with E-state index in [1.165, 1.54) is 6.42 Å². The largest absolute Gasteiger partial charge is 0.378 e. The Bertz CT molecular complexity index is 390. The van der Waals surface area contributed by atoms with Crippen LogP contribution in [-0.4, -0.2) is 25.8 Å². The Morgan fingerprint density at radius 2 is 2.25 bits per heavy atom. The lowest BCUT2D eigenvalue weighted by Crippen LogP contribution is -2.28. The van der Waals surface area contributed by atoms with Crippen LogP contribution in [0.5, 0.6) is 0 Å². The average Bonchev–Trinajstić information content (AvgIpc) is 2.94. The van der Waals surface area contributed by atoms with Gasteiger partial charge in [0.1, 0.15) is 5.82 Å². The second-order valence-electron chi connectivity index (χ2n) is 5.74. The van der Waals surface area contributed by atoms with Gasteiger partial charge in [-0.25, -0.2) is 4.39 Å². The number of hydrogen-bond donors (Lipinski definition) is 1. The molecule has 1 fully saturated rings. The Kier molecular flexibility index (Phi) is 6.48. The summed E-state index contributed by atoms with van der Waals surface area (Å²) in [4.78, 5) is 0. The second-order valence-corrected chi connectivity index (χ2v) is 5.74. The van der Waals surface area contributed by atoms with Crippen molar-refractivity contribution in [3.8, 4) is 0 Å². The van der Waals surface area contributed by atoms with Crippen LogP contribution in [0.25, 0.3) is 0 Å². The molecule has 0 aromatic heterocycles. The van der Waals surface area contributed by atoms with Gasteiger partial charge < -0.3 is 10.1 Å². The summed E-state index contributed by atoms with van der Waals surface area (Å²) in [6.45, 7) is 5.03. The number of ether oxygens (including phenoxy) is 1. The van der Waals surface area contributed by atoms with E-state index in [4.69, 9.17) is 4.74 Å². The van der Waals surface area contributed by atoms with E-state index in [0.717, 1.165) is 50.9 Å². The third-order valence-corrected chi connectivity index (χ3v) is 3.95. The van der Waals surface area contributed by atoms with Gasteiger partial charge in [-0.2, -0.15) is 0 Å². The summed E-state index contributed by atoms with van der Waals surface area (Å²) in [7, 11) is 0. The lowest BCUT2D eigenvalue weighted by Gasteiger charge is -2.21. The fraction of sp³-hybridized carbons (Fsp3) is 0.647. The highest BCUT2D eigenvalue weighted by Gasteiger charge is 2.21. The van der Waals surface area contributed by atoms with E-state index in [-0.39, 0.29) is 5.82 Å². The number of benzene rings is 1. The molecule has 1 aliphatic heterocycles. The van der Waals surface area contributed by atoms with Crippen molar-refractivity contribution in [2.75, 3.05) is 19.7 Å². The van der Waals surface area contributed by atoms with Crippen LogP contribution >= 0.6 is 0 Å². The molecule has 20 heavy (non-hydrogen) atoms. The summed E-state index contributed by atoms with van der Waals surface area (Å²) < 4.78 is 19.5. The molecule has 1 aromatic carbocycles. The molecule has 2 nitrogen and oxygen atoms in total. The van der Waals surface area contributed by atoms with Crippen LogP contribution in [0, 0.1) is 11.7 Å². The van der Waals surface area contributed by atoms with Crippen LogP contribution < -0.4 is 5.32 Å². The molecule has 0 bridgehead atoms. The van der Waals surface area contributed by atoms with Gasteiger partial charge in [-0.15, -0.1) is 0 Å². The van der Waals surface area contributed by atoms with Crippen LogP contribution in [0.2, 0.25) is 0 Å². The molecule has 2 unspecified atom stereocenters. The van der Waals surface area contributed by atoms with Crippen molar-refractivity contribution in [1.82, 2.24) is 5.32 Å². The summed E-state index contributed by atoms with van der Waals surface area (Å²) >= 11 is 0. The second kappa shape index (κ2) is 8.38. The van der Waals surface area contributed by atoms with Gasteiger partial charge in [-0.05, 0) is 62.7 Å². The Morgan fingerprint density at radius 3 is 2.95 bits per heavy atom. The summed E-state index contributed by atoms with van der Waals surface area (Å²) in [5, 5.41) is 3.47. The van der Waals surface area contributed by atoms with Gasteiger partial charge in [-0.1, -0.05) is 25.1 Å². The quantitative estimate of drug-likeness (QED) is 0.735. The molecule has 0 amide bonds. The van der Waals surface area contributed by atoms with Crippen molar-refractivity contribution >= 4 is 0 Å². The van der Waals surface area contributed by atoms with Crippen molar-refractivity contribution in [2.24, 2.45) is 5.92 Å². The Balaban J connectivity index is 1.92. The van der Waals surface area contributed by atoms with Gasteiger partial charge in [-0.3, -0.25) is 0 Å². The highest BCUT2D eigenvalue weighted by Crippen LogP contribution is 2.23. The first-order valence-electron chi connectivity index (χ1n) is 7.85. The van der Waals surface area contributed by atoms with E-state index < -0.39 is 0 Å². The van der Waals surface area contributed by atoms with Crippen LogP contribution in [0.1, 0.15) is 38.2 Å². The molecule has 1 heterocycles. The lowest BCUT2D eigenvalue weighted by atomic mass is 9.92. The monoisotopic (exact) mass is 279 g/mol. The van der Waals surface area contributed by atoms with E-state index in [1.54, 1.807) is 12.1 Å². The number of rotatable bonds is 8. The Morgan fingerprint density at radius 1 is 1.40 bits per heavy atom. The predicted octanol–water partition coefficient (Wildman–Crippen LogP) is 3.55. The fourth-order valence-electron chi connectivity index (χ4n) is 2.90. The molecule has 2 atom stereocenters. The molecule has 0 saturated carbocycles. The Labute approximate surface area is 121 Å². The number of nitrogens with one attached hydrogen (secondary N) is 1. The SMILES string of the molecule is CCCNCC(Cc1ccccc1F)CC1CCCO1. The molecule has 1 aromatic rings. The third kappa shape index (κ3) is 4.88. The predicted molar refractivity (Wildman–Crippen MR) is 80.3 cm³/mol. The highest BCUT2D eigenvalue weighted by atomic mass is 19.1. The van der Waals surface area contributed by atoms with Crippen LogP contribution in [-0.2, 0) is 11.2 Å². The van der Waals surface area contributed by atoms with E-state index in [2.05, 4.69) is 12.2 Å². The molecule has 1 aliphatic rings. The maximum Gasteiger partial charge on any atom is 0.126 e. The van der Waals surface area contributed by atoms with E-state index in [9.17, 15) is 4.39 Å². The highest BCUT2D eigenvalue weighted by molar-refractivity contribution is 5.18. The normalized spacial score (nSPS) is 20.2. The summed E-state index contributed by atoms with van der Waals surface area (Å²) in [5.41, 5.74) is 0.828. The van der Waals surface area contributed by atoms with Gasteiger partial charge in [0.15, 0.2) is 0 Å². The van der Waals surface area contributed by atoms with Crippen LogP contribution in [0.15, 0.2) is 24.3 Å². The zero-order valence-electron chi connectivity index (χ0n) is 12.4. The molecule has 1 N–H and O–H groups in total. The van der Waals surface area contributed by atoms with Crippen molar-refractivity contribution in [3.63, 3.8) is 0 Å². The minimum Gasteiger partial charge on any atom is -0.378 e. The van der Waals surface area contributed by atoms with E-state index in [0.29, 0.717) is 12.0 Å². The maximum absolute atomic E-state index is 13.8. The van der Waals surface area contributed by atoms with Gasteiger partial charge in [0.2, 0.25) is 0 Å². The molecular formula is C17H26FNO. The first-order chi connectivity index (χ1) is 9.79. The summed E-state index contributed by atoms with van der Waals surface area (Å²) in [5.74, 6) is 0.363. The number of hydrogen-bond acceptors (Lipinski definition) is 2. The van der Waals surface area contributed by atoms with Crippen LogP contribution in [0.4, 0.5) is 4.39 Å². The maximum atomic E-state index is 13.8. The van der Waals surface area contributed by atoms with Gasteiger partial charge >= 0.3 is 0 Å². The van der Waals surface area contributed by atoms with Crippen molar-refractivity contribution < 1.29 is 9.13 Å². The molecule has 2 rings (SSSR count). The van der Waals surface area contributed by atoms with Crippen molar-refractivity contribution in [2.45, 2.75) is 45.1 Å². The standard InChI is InChI=1S/C17H26FNO/c1-2-9-19-13-14(12-16-7-5-10-20-16)11-15-6-3-4-8-17(15)18/h3-4,6,8,14,16,19H,2,5,7,9-13H2,1H3. The van der Waals surface area contributed by atoms with E-state index >= 15 is 0 Å². The first-order valence-corrected chi connectivity index (χ1v) is 7.85. The Hall–Kier alpha value is -0.930. The minimum absolute atomic E-state index is 0.0830. The van der Waals surface area contributed by atoms with Crippen molar-refractivity contribution in [3.05, 3.63) is 35.6 Å². The molecule has 112 valence electrons. The molecule has 0 radical (unpaired) electrons. The van der Waals surface area contributed by atoms with Crippen LogP contribution in [0.3, 0.4) is 0 Å². The van der Waals surface area contributed by atoms with Gasteiger partial charge in [0.05, 0.1) is 6.10 Å². The summed E-state index contributed by atoms with van der Waals surface area (Å²) in [6.07, 6.45) is 5.65. The van der Waals surface area contributed by atoms with Crippen molar-refractivity contribution in [1.29, 1.82) is 0 Å². The minimum atomic E-state index is -0.0830. The zero-order chi connectivity index (χ0) is 14.2. The third-order valence-electron chi connectivity index (χ3n) is 3.95. The topological polar surface area (TPSA) is 21.3 Å². The fourth-order valence-corrected chi connectivity index (χ4v) is 2.90. The van der Waals surface area contributed by atoms with E-state index in [1.807, 2.05) is 12.1 Å². The number of halogens is 1. The summed E-state index contributed by atoms with van der Waals surface area (Å²) in [6, 6.07) is 7.12. The average molecular weight is 279 g/mol. The lowest BCUT2D eigenvalue weighted by molar-refractivity contribution is 0.0891. The molecule has 0 aliphatic carbocycles. The molecule has 0 spiro atoms. The van der Waals surface area contributed by atoms with Gasteiger partial charge in [0.25, 0.3) is 0 Å². The molecule has 1 saturated heterocycles. The smallest absolute Gasteiger partial charge is 0.126 e. The molecule has 3 heteroatoms. The van der Waals surface area contributed by atoms with Gasteiger partial charge in [0, 0.05) is 6.61 Å². The molecular weight excluding hydrogens is 253 g/mol.